The Hall–Kier alpha value is -1.33. The first-order valence-corrected chi connectivity index (χ1v) is 4.48. The van der Waals surface area contributed by atoms with E-state index in [2.05, 4.69) is 22.9 Å². The molecule has 0 saturated carbocycles. The molecule has 0 aromatic heterocycles. The van der Waals surface area contributed by atoms with Gasteiger partial charge in [0.05, 0.1) is 19.5 Å². The highest BCUT2D eigenvalue weighted by Gasteiger charge is 2.03. The van der Waals surface area contributed by atoms with Crippen LogP contribution in [0.5, 0.6) is 0 Å². The second-order valence-corrected chi connectivity index (χ2v) is 2.62. The van der Waals surface area contributed by atoms with Crippen molar-refractivity contribution in [3.63, 3.8) is 0 Å². The lowest BCUT2D eigenvalue weighted by Crippen LogP contribution is -2.11. The van der Waals surface area contributed by atoms with Gasteiger partial charge in [0, 0.05) is 5.57 Å². The molecule has 0 amide bonds. The van der Waals surface area contributed by atoms with E-state index < -0.39 is 5.97 Å². The highest BCUT2D eigenvalue weighted by molar-refractivity contribution is 5.86. The van der Waals surface area contributed by atoms with Crippen LogP contribution in [0.4, 0.5) is 0 Å². The maximum atomic E-state index is 10.8. The van der Waals surface area contributed by atoms with Crippen LogP contribution in [0.15, 0.2) is 25.0 Å². The first-order valence-electron chi connectivity index (χ1n) is 4.48. The molecular weight excluding hydrogens is 200 g/mol. The molecule has 0 rings (SSSR count). The first-order chi connectivity index (χ1) is 7.18. The molecule has 0 aliphatic heterocycles. The zero-order valence-electron chi connectivity index (χ0n) is 8.86. The predicted octanol–water partition coefficient (Wildman–Crippen LogP) is 1.21. The molecule has 0 N–H and O–H groups in total. The van der Waals surface area contributed by atoms with E-state index >= 15 is 0 Å². The van der Waals surface area contributed by atoms with Crippen LogP contribution in [0, 0.1) is 0 Å². The van der Waals surface area contributed by atoms with Crippen LogP contribution in [0.3, 0.4) is 0 Å². The van der Waals surface area contributed by atoms with Gasteiger partial charge in [-0.05, 0) is 6.92 Å². The van der Waals surface area contributed by atoms with Gasteiger partial charge in [-0.15, -0.1) is 0 Å². The highest BCUT2D eigenvalue weighted by Crippen LogP contribution is 1.92. The third-order valence-corrected chi connectivity index (χ3v) is 1.26. The van der Waals surface area contributed by atoms with Crippen molar-refractivity contribution in [2.75, 3.05) is 26.4 Å². The van der Waals surface area contributed by atoms with E-state index in [1.165, 1.54) is 13.2 Å². The summed E-state index contributed by atoms with van der Waals surface area (Å²) in [5, 5.41) is 0. The normalized spacial score (nSPS) is 9.40. The van der Waals surface area contributed by atoms with Gasteiger partial charge in [-0.1, -0.05) is 13.2 Å². The average Bonchev–Trinajstić information content (AvgIpc) is 2.21. The van der Waals surface area contributed by atoms with Crippen molar-refractivity contribution < 1.29 is 24.0 Å². The van der Waals surface area contributed by atoms with Gasteiger partial charge in [-0.3, -0.25) is 4.89 Å². The van der Waals surface area contributed by atoms with Crippen LogP contribution < -0.4 is 0 Å². The van der Waals surface area contributed by atoms with E-state index in [1.54, 1.807) is 0 Å². The molecule has 0 atom stereocenters. The second kappa shape index (κ2) is 9.23. The zero-order chi connectivity index (χ0) is 11.5. The number of carbonyl (C=O) groups is 1. The minimum atomic E-state index is -0.579. The molecule has 0 aromatic rings. The summed E-state index contributed by atoms with van der Waals surface area (Å²) in [7, 11) is 0. The van der Waals surface area contributed by atoms with E-state index in [9.17, 15) is 4.79 Å². The number of ether oxygens (including phenoxy) is 2. The molecule has 86 valence electrons. The quantitative estimate of drug-likeness (QED) is 0.191. The molecule has 0 bridgehead atoms. The molecular formula is C10H16O5. The summed E-state index contributed by atoms with van der Waals surface area (Å²) in [6, 6.07) is 0. The van der Waals surface area contributed by atoms with Crippen LogP contribution in [-0.4, -0.2) is 32.4 Å². The van der Waals surface area contributed by atoms with E-state index in [0.29, 0.717) is 19.8 Å². The maximum Gasteiger partial charge on any atom is 0.368 e. The standard InChI is InChI=1S/C10H16O5/c1-4-12-5-6-13-7-8-14-15-10(11)9(2)3/h4H,1-2,5-8H2,3H3. The Bertz CT molecular complexity index is 212. The van der Waals surface area contributed by atoms with Crippen molar-refractivity contribution in [1.82, 2.24) is 0 Å². The predicted molar refractivity (Wildman–Crippen MR) is 53.8 cm³/mol. The van der Waals surface area contributed by atoms with Crippen LogP contribution in [0.1, 0.15) is 6.92 Å². The van der Waals surface area contributed by atoms with Crippen molar-refractivity contribution in [1.29, 1.82) is 0 Å². The van der Waals surface area contributed by atoms with Gasteiger partial charge >= 0.3 is 5.97 Å². The summed E-state index contributed by atoms with van der Waals surface area (Å²) in [6.45, 7) is 9.68. The van der Waals surface area contributed by atoms with Crippen molar-refractivity contribution in [2.45, 2.75) is 6.92 Å². The van der Waals surface area contributed by atoms with Gasteiger partial charge < -0.3 is 9.47 Å². The summed E-state index contributed by atoms with van der Waals surface area (Å²) < 4.78 is 9.88. The lowest BCUT2D eigenvalue weighted by atomic mass is 10.4. The van der Waals surface area contributed by atoms with Crippen LogP contribution >= 0.6 is 0 Å². The van der Waals surface area contributed by atoms with Gasteiger partial charge in [-0.25, -0.2) is 4.79 Å². The van der Waals surface area contributed by atoms with Gasteiger partial charge in [0.15, 0.2) is 0 Å². The number of hydrogen-bond acceptors (Lipinski definition) is 5. The third-order valence-electron chi connectivity index (χ3n) is 1.26. The third kappa shape index (κ3) is 8.99. The monoisotopic (exact) mass is 216 g/mol. The number of rotatable bonds is 9. The zero-order valence-corrected chi connectivity index (χ0v) is 8.86. The topological polar surface area (TPSA) is 54.0 Å². The molecule has 0 aromatic carbocycles. The minimum Gasteiger partial charge on any atom is -0.499 e. The minimum absolute atomic E-state index is 0.174. The maximum absolute atomic E-state index is 10.8. The Kier molecular flexibility index (Phi) is 8.42. The number of carbonyl (C=O) groups excluding carboxylic acids is 1. The molecule has 5 nitrogen and oxygen atoms in total. The second-order valence-electron chi connectivity index (χ2n) is 2.62. The summed E-state index contributed by atoms with van der Waals surface area (Å²) in [4.78, 5) is 19.7. The molecule has 5 heteroatoms. The van der Waals surface area contributed by atoms with Crippen molar-refractivity contribution in [3.8, 4) is 0 Å². The van der Waals surface area contributed by atoms with E-state index in [1.807, 2.05) is 0 Å². The summed E-state index contributed by atoms with van der Waals surface area (Å²) >= 11 is 0. The largest absolute Gasteiger partial charge is 0.499 e. The molecule has 0 unspecified atom stereocenters. The fourth-order valence-electron chi connectivity index (χ4n) is 0.552. The molecule has 0 heterocycles. The molecule has 15 heavy (non-hydrogen) atoms. The van der Waals surface area contributed by atoms with Crippen molar-refractivity contribution >= 4 is 5.97 Å². The van der Waals surface area contributed by atoms with Crippen LogP contribution in [0.2, 0.25) is 0 Å². The molecule has 0 saturated heterocycles. The Morgan fingerprint density at radius 3 is 2.53 bits per heavy atom. The fourth-order valence-corrected chi connectivity index (χ4v) is 0.552. The molecule has 0 aliphatic rings. The van der Waals surface area contributed by atoms with E-state index in [0.717, 1.165) is 0 Å². The SMILES string of the molecule is C=COCCOCCOOC(=O)C(=C)C. The van der Waals surface area contributed by atoms with Crippen molar-refractivity contribution in [3.05, 3.63) is 25.0 Å². The Morgan fingerprint density at radius 2 is 1.93 bits per heavy atom. The van der Waals surface area contributed by atoms with Gasteiger partial charge in [-0.2, -0.15) is 4.89 Å². The van der Waals surface area contributed by atoms with Crippen LogP contribution in [-0.2, 0) is 24.0 Å². The van der Waals surface area contributed by atoms with Gasteiger partial charge in [0.1, 0.15) is 13.2 Å². The average molecular weight is 216 g/mol. The highest BCUT2D eigenvalue weighted by atomic mass is 17.2. The first kappa shape index (κ1) is 13.7. The Morgan fingerprint density at radius 1 is 1.27 bits per heavy atom. The van der Waals surface area contributed by atoms with E-state index in [-0.39, 0.29) is 12.2 Å². The lowest BCUT2D eigenvalue weighted by Gasteiger charge is -2.04. The fraction of sp³-hybridized carbons (Fsp3) is 0.500. The Balaban J connectivity index is 3.14. The smallest absolute Gasteiger partial charge is 0.368 e. The van der Waals surface area contributed by atoms with Gasteiger partial charge in [0.2, 0.25) is 0 Å². The summed E-state index contributed by atoms with van der Waals surface area (Å²) in [5.74, 6) is -0.579. The van der Waals surface area contributed by atoms with E-state index in [4.69, 9.17) is 9.47 Å². The number of hydrogen-bond donors (Lipinski definition) is 0. The summed E-state index contributed by atoms with van der Waals surface area (Å²) in [5.41, 5.74) is 0.287. The molecule has 0 fully saturated rings. The lowest BCUT2D eigenvalue weighted by molar-refractivity contribution is -0.272. The Labute approximate surface area is 89.2 Å². The summed E-state index contributed by atoms with van der Waals surface area (Å²) in [6.07, 6.45) is 1.34. The van der Waals surface area contributed by atoms with Crippen LogP contribution in [0.25, 0.3) is 0 Å². The molecule has 0 radical (unpaired) electrons. The molecule has 0 spiro atoms. The van der Waals surface area contributed by atoms with Gasteiger partial charge in [0.25, 0.3) is 0 Å². The van der Waals surface area contributed by atoms with Crippen molar-refractivity contribution in [2.24, 2.45) is 0 Å². The molecule has 0 aliphatic carbocycles.